The van der Waals surface area contributed by atoms with Gasteiger partial charge >= 0.3 is 0 Å². The summed E-state index contributed by atoms with van der Waals surface area (Å²) < 4.78 is 0. The van der Waals surface area contributed by atoms with Crippen LogP contribution in [0.25, 0.3) is 0 Å². The third-order valence-corrected chi connectivity index (χ3v) is 5.38. The summed E-state index contributed by atoms with van der Waals surface area (Å²) in [5, 5.41) is 3.06. The molecule has 1 atom stereocenters. The molecule has 0 radical (unpaired) electrons. The van der Waals surface area contributed by atoms with Crippen LogP contribution >= 0.6 is 0 Å². The van der Waals surface area contributed by atoms with E-state index in [0.29, 0.717) is 25.8 Å². The van der Waals surface area contributed by atoms with Crippen LogP contribution in [0, 0.1) is 6.92 Å². The van der Waals surface area contributed by atoms with Crippen molar-refractivity contribution in [3.8, 4) is 0 Å². The second-order valence-electron chi connectivity index (χ2n) is 9.34. The average Bonchev–Trinajstić information content (AvgIpc) is 2.71. The van der Waals surface area contributed by atoms with Gasteiger partial charge in [-0.3, -0.25) is 9.59 Å². The van der Waals surface area contributed by atoms with Crippen molar-refractivity contribution in [1.82, 2.24) is 10.2 Å². The Hall–Kier alpha value is -2.62. The fourth-order valence-corrected chi connectivity index (χ4v) is 3.72. The van der Waals surface area contributed by atoms with E-state index in [1.54, 1.807) is 4.90 Å². The minimum Gasteiger partial charge on any atom is -0.350 e. The van der Waals surface area contributed by atoms with Crippen molar-refractivity contribution >= 4 is 11.8 Å². The summed E-state index contributed by atoms with van der Waals surface area (Å²) in [6, 6.07) is 16.1. The Labute approximate surface area is 188 Å². The van der Waals surface area contributed by atoms with Crippen molar-refractivity contribution in [3.05, 3.63) is 70.8 Å². The molecule has 0 aliphatic heterocycles. The van der Waals surface area contributed by atoms with Crippen LogP contribution < -0.4 is 5.32 Å². The second kappa shape index (κ2) is 11.1. The van der Waals surface area contributed by atoms with Gasteiger partial charge in [0.2, 0.25) is 11.8 Å². The van der Waals surface area contributed by atoms with E-state index in [9.17, 15) is 9.59 Å². The zero-order chi connectivity index (χ0) is 23.0. The fourth-order valence-electron chi connectivity index (χ4n) is 3.72. The van der Waals surface area contributed by atoms with Gasteiger partial charge in [0.05, 0.1) is 0 Å². The van der Waals surface area contributed by atoms with Gasteiger partial charge in [0.1, 0.15) is 6.04 Å². The van der Waals surface area contributed by atoms with Crippen molar-refractivity contribution in [3.63, 3.8) is 0 Å². The molecule has 0 spiro atoms. The highest BCUT2D eigenvalue weighted by molar-refractivity contribution is 5.88. The maximum atomic E-state index is 13.3. The molecule has 4 nitrogen and oxygen atoms in total. The molecule has 1 N–H and O–H groups in total. The maximum absolute atomic E-state index is 13.3. The molecule has 0 saturated carbocycles. The first-order valence-electron chi connectivity index (χ1n) is 11.4. The fraction of sp³-hybridized carbons (Fsp3) is 0.481. The van der Waals surface area contributed by atoms with Crippen LogP contribution in [0.5, 0.6) is 0 Å². The van der Waals surface area contributed by atoms with Gasteiger partial charge < -0.3 is 10.2 Å². The predicted molar refractivity (Wildman–Crippen MR) is 128 cm³/mol. The van der Waals surface area contributed by atoms with Crippen molar-refractivity contribution < 1.29 is 9.59 Å². The van der Waals surface area contributed by atoms with Gasteiger partial charge in [-0.1, -0.05) is 67.9 Å². The summed E-state index contributed by atoms with van der Waals surface area (Å²) in [6.45, 7) is 12.5. The third kappa shape index (κ3) is 7.86. The molecule has 2 aromatic rings. The minimum atomic E-state index is -0.491. The van der Waals surface area contributed by atoms with E-state index in [0.717, 1.165) is 23.1 Å². The van der Waals surface area contributed by atoms with Gasteiger partial charge in [-0.15, -0.1) is 0 Å². The molecule has 0 saturated heterocycles. The Morgan fingerprint density at radius 2 is 1.61 bits per heavy atom. The number of carbonyl (C=O) groups is 2. The number of nitrogens with one attached hydrogen (secondary N) is 1. The molecular weight excluding hydrogens is 384 g/mol. The van der Waals surface area contributed by atoms with Crippen LogP contribution in [0.15, 0.2) is 48.5 Å². The Kier molecular flexibility index (Phi) is 8.85. The molecule has 2 rings (SSSR count). The lowest BCUT2D eigenvalue weighted by molar-refractivity contribution is -0.142. The van der Waals surface area contributed by atoms with Crippen molar-refractivity contribution in [1.29, 1.82) is 0 Å². The summed E-state index contributed by atoms with van der Waals surface area (Å²) in [7, 11) is 0. The first-order valence-corrected chi connectivity index (χ1v) is 11.4. The highest BCUT2D eigenvalue weighted by Crippen LogP contribution is 2.17. The molecule has 0 unspecified atom stereocenters. The molecule has 0 aliphatic carbocycles. The van der Waals surface area contributed by atoms with E-state index in [4.69, 9.17) is 0 Å². The molecular formula is C27H38N2O2. The van der Waals surface area contributed by atoms with E-state index in [2.05, 4.69) is 42.6 Å². The van der Waals surface area contributed by atoms with Gasteiger partial charge in [-0.2, -0.15) is 0 Å². The summed E-state index contributed by atoms with van der Waals surface area (Å²) in [4.78, 5) is 28.1. The quantitative estimate of drug-likeness (QED) is 0.603. The maximum Gasteiger partial charge on any atom is 0.243 e. The Balaban J connectivity index is 2.21. The van der Waals surface area contributed by atoms with E-state index in [1.165, 1.54) is 5.56 Å². The third-order valence-electron chi connectivity index (χ3n) is 5.38. The molecule has 4 heteroatoms. The summed E-state index contributed by atoms with van der Waals surface area (Å²) in [6.07, 6.45) is 2.64. The lowest BCUT2D eigenvalue weighted by atomic mass is 10.0. The smallest absolute Gasteiger partial charge is 0.243 e. The Morgan fingerprint density at radius 3 is 2.16 bits per heavy atom. The SMILES string of the molecule is CCc1ccc(CCC(=O)N(Cc2cccc(C)c2)[C@@H](CC)C(=O)NC(C)(C)C)cc1. The molecule has 2 amide bonds. The number of carbonyl (C=O) groups excluding carboxylic acids is 2. The highest BCUT2D eigenvalue weighted by atomic mass is 16.2. The zero-order valence-electron chi connectivity index (χ0n) is 20.0. The van der Waals surface area contributed by atoms with Crippen LogP contribution in [0.3, 0.4) is 0 Å². The van der Waals surface area contributed by atoms with E-state index in [-0.39, 0.29) is 17.4 Å². The Morgan fingerprint density at radius 1 is 0.968 bits per heavy atom. The molecule has 0 fully saturated rings. The predicted octanol–water partition coefficient (Wildman–Crippen LogP) is 5.21. The second-order valence-corrected chi connectivity index (χ2v) is 9.34. The summed E-state index contributed by atoms with van der Waals surface area (Å²) in [5.74, 6) is -0.0831. The molecule has 0 heterocycles. The molecule has 0 aliphatic rings. The van der Waals surface area contributed by atoms with Crippen LogP contribution in [0.4, 0.5) is 0 Å². The van der Waals surface area contributed by atoms with Gasteiger partial charge in [-0.05, 0) is 63.6 Å². The number of aryl methyl sites for hydroxylation is 3. The first-order chi connectivity index (χ1) is 14.6. The topological polar surface area (TPSA) is 49.4 Å². The zero-order valence-corrected chi connectivity index (χ0v) is 20.0. The highest BCUT2D eigenvalue weighted by Gasteiger charge is 2.30. The number of nitrogens with zero attached hydrogens (tertiary/aromatic N) is 1. The number of benzene rings is 2. The van der Waals surface area contributed by atoms with Gasteiger partial charge in [0.15, 0.2) is 0 Å². The monoisotopic (exact) mass is 422 g/mol. The number of amides is 2. The van der Waals surface area contributed by atoms with E-state index < -0.39 is 6.04 Å². The molecule has 168 valence electrons. The number of rotatable bonds is 9. The van der Waals surface area contributed by atoms with Gasteiger partial charge in [0.25, 0.3) is 0 Å². The largest absolute Gasteiger partial charge is 0.350 e. The van der Waals surface area contributed by atoms with Crippen molar-refractivity contribution in [2.24, 2.45) is 0 Å². The average molecular weight is 423 g/mol. The minimum absolute atomic E-state index is 0.0111. The molecule has 31 heavy (non-hydrogen) atoms. The van der Waals surface area contributed by atoms with Crippen LogP contribution in [-0.2, 0) is 29.0 Å². The molecule has 2 aromatic carbocycles. The normalized spacial score (nSPS) is 12.3. The Bertz CT molecular complexity index is 866. The lowest BCUT2D eigenvalue weighted by Gasteiger charge is -2.33. The molecule has 0 aromatic heterocycles. The van der Waals surface area contributed by atoms with Crippen molar-refractivity contribution in [2.45, 2.75) is 85.4 Å². The standard InChI is InChI=1S/C27H38N2O2/c1-7-21-12-14-22(15-13-21)16-17-25(30)29(19-23-11-9-10-20(3)18-23)24(8-2)26(31)28-27(4,5)6/h9-15,18,24H,7-8,16-17,19H2,1-6H3,(H,28,31)/t24-/m0/s1. The number of hydrogen-bond acceptors (Lipinski definition) is 2. The van der Waals surface area contributed by atoms with Crippen LogP contribution in [0.1, 0.15) is 69.7 Å². The van der Waals surface area contributed by atoms with Crippen molar-refractivity contribution in [2.75, 3.05) is 0 Å². The van der Waals surface area contributed by atoms with Gasteiger partial charge in [0, 0.05) is 18.5 Å². The van der Waals surface area contributed by atoms with Crippen LogP contribution in [0.2, 0.25) is 0 Å². The lowest BCUT2D eigenvalue weighted by Crippen LogP contribution is -2.53. The summed E-state index contributed by atoms with van der Waals surface area (Å²) in [5.41, 5.74) is 4.29. The number of hydrogen-bond donors (Lipinski definition) is 1. The van der Waals surface area contributed by atoms with E-state index >= 15 is 0 Å². The summed E-state index contributed by atoms with van der Waals surface area (Å²) >= 11 is 0. The first kappa shape index (κ1) is 24.6. The van der Waals surface area contributed by atoms with Gasteiger partial charge in [-0.25, -0.2) is 0 Å². The van der Waals surface area contributed by atoms with E-state index in [1.807, 2.05) is 52.8 Å². The van der Waals surface area contributed by atoms with Crippen LogP contribution in [-0.4, -0.2) is 28.3 Å². The molecule has 0 bridgehead atoms.